The van der Waals surface area contributed by atoms with Gasteiger partial charge in [-0.05, 0) is 54.4 Å². The third-order valence-corrected chi connectivity index (χ3v) is 5.50. The zero-order valence-corrected chi connectivity index (χ0v) is 17.0. The molecule has 0 fully saturated rings. The van der Waals surface area contributed by atoms with Gasteiger partial charge < -0.3 is 4.98 Å². The Morgan fingerprint density at radius 2 is 1.61 bits per heavy atom. The van der Waals surface area contributed by atoms with E-state index >= 15 is 0 Å². The van der Waals surface area contributed by atoms with Gasteiger partial charge in [-0.2, -0.15) is 22.8 Å². The summed E-state index contributed by atoms with van der Waals surface area (Å²) in [6.07, 6.45) is -4.44. The normalized spacial score (nSPS) is 12.1. The van der Waals surface area contributed by atoms with Crippen LogP contribution in [0.3, 0.4) is 0 Å². The van der Waals surface area contributed by atoms with E-state index in [0.29, 0.717) is 33.3 Å². The van der Waals surface area contributed by atoms with Crippen LogP contribution in [-0.2, 0) is 6.18 Å². The van der Waals surface area contributed by atoms with Crippen LogP contribution < -0.4 is 5.56 Å². The van der Waals surface area contributed by atoms with Crippen LogP contribution in [0, 0.1) is 18.6 Å². The molecule has 2 heterocycles. The zero-order valence-electron chi connectivity index (χ0n) is 17.0. The fraction of sp³-hybridized carbons (Fsp3) is 0.0833. The lowest BCUT2D eigenvalue weighted by atomic mass is 10.0. The van der Waals surface area contributed by atoms with E-state index in [1.807, 2.05) is 0 Å². The predicted molar refractivity (Wildman–Crippen MR) is 114 cm³/mol. The lowest BCUT2D eigenvalue weighted by Gasteiger charge is -2.09. The van der Waals surface area contributed by atoms with Gasteiger partial charge in [0.1, 0.15) is 17.3 Å². The van der Waals surface area contributed by atoms with E-state index in [2.05, 4.69) is 10.1 Å². The third-order valence-electron chi connectivity index (χ3n) is 5.50. The number of nitrogens with zero attached hydrogens (tertiary/aromatic N) is 2. The second kappa shape index (κ2) is 7.26. The van der Waals surface area contributed by atoms with Gasteiger partial charge in [-0.1, -0.05) is 18.2 Å². The number of fused-ring (bicyclic) bond motifs is 2. The maximum atomic E-state index is 14.5. The van der Waals surface area contributed by atoms with Crippen LogP contribution in [0.15, 0.2) is 65.5 Å². The van der Waals surface area contributed by atoms with Gasteiger partial charge in [0.05, 0.1) is 27.7 Å². The van der Waals surface area contributed by atoms with E-state index in [-0.39, 0.29) is 11.2 Å². The van der Waals surface area contributed by atoms with E-state index in [9.17, 15) is 26.7 Å². The summed E-state index contributed by atoms with van der Waals surface area (Å²) in [5, 5.41) is 4.52. The Morgan fingerprint density at radius 1 is 0.909 bits per heavy atom. The van der Waals surface area contributed by atoms with Crippen LogP contribution in [0.4, 0.5) is 22.0 Å². The molecule has 4 nitrogen and oxygen atoms in total. The number of hydrogen-bond acceptors (Lipinski definition) is 2. The minimum Gasteiger partial charge on any atom is -0.339 e. The molecule has 33 heavy (non-hydrogen) atoms. The van der Waals surface area contributed by atoms with Gasteiger partial charge in [0, 0.05) is 11.6 Å². The summed E-state index contributed by atoms with van der Waals surface area (Å²) >= 11 is 0. The molecule has 0 bridgehead atoms. The Kier molecular flexibility index (Phi) is 4.59. The standard InChI is InChI=1S/C24H14F5N3O/c1-12-21(17-9-7-16(25)11-19(17)26)22-30-20-10-14(4-8-18(20)23(33)32(22)31-12)13-2-5-15(6-3-13)24(27,28)29/h2-11,30H,1H3. The van der Waals surface area contributed by atoms with Gasteiger partial charge in [0.2, 0.25) is 0 Å². The Bertz CT molecular complexity index is 1600. The molecule has 0 radical (unpaired) electrons. The smallest absolute Gasteiger partial charge is 0.339 e. The van der Waals surface area contributed by atoms with Crippen molar-refractivity contribution in [1.29, 1.82) is 0 Å². The summed E-state index contributed by atoms with van der Waals surface area (Å²) in [5.74, 6) is -1.53. The van der Waals surface area contributed by atoms with E-state index in [1.54, 1.807) is 25.1 Å². The average molecular weight is 455 g/mol. The van der Waals surface area contributed by atoms with Crippen molar-refractivity contribution < 1.29 is 22.0 Å². The van der Waals surface area contributed by atoms with Crippen LogP contribution in [0.5, 0.6) is 0 Å². The van der Waals surface area contributed by atoms with Crippen molar-refractivity contribution in [2.75, 3.05) is 0 Å². The highest BCUT2D eigenvalue weighted by molar-refractivity contribution is 5.88. The molecule has 0 aliphatic heterocycles. The molecule has 0 atom stereocenters. The number of alkyl halides is 3. The predicted octanol–water partition coefficient (Wildman–Crippen LogP) is 6.12. The molecule has 9 heteroatoms. The second-order valence-electron chi connectivity index (χ2n) is 7.61. The summed E-state index contributed by atoms with van der Waals surface area (Å²) in [4.78, 5) is 16.1. The molecule has 2 aromatic heterocycles. The first-order valence-electron chi connectivity index (χ1n) is 9.82. The third kappa shape index (κ3) is 3.45. The highest BCUT2D eigenvalue weighted by Gasteiger charge is 2.30. The molecular formula is C24H14F5N3O. The van der Waals surface area contributed by atoms with Crippen molar-refractivity contribution in [1.82, 2.24) is 14.6 Å². The van der Waals surface area contributed by atoms with Crippen LogP contribution in [0.25, 0.3) is 38.8 Å². The molecule has 166 valence electrons. The Morgan fingerprint density at radius 3 is 2.27 bits per heavy atom. The average Bonchev–Trinajstić information content (AvgIpc) is 3.09. The van der Waals surface area contributed by atoms with E-state index in [4.69, 9.17) is 0 Å². The first-order valence-corrected chi connectivity index (χ1v) is 9.82. The number of aromatic nitrogens is 3. The largest absolute Gasteiger partial charge is 0.416 e. The van der Waals surface area contributed by atoms with Crippen molar-refractivity contribution in [3.63, 3.8) is 0 Å². The molecule has 5 aromatic rings. The van der Waals surface area contributed by atoms with E-state index in [1.165, 1.54) is 18.2 Å². The molecule has 0 unspecified atom stereocenters. The minimum atomic E-state index is -4.44. The maximum Gasteiger partial charge on any atom is 0.416 e. The molecule has 0 aliphatic rings. The Balaban J connectivity index is 1.71. The highest BCUT2D eigenvalue weighted by Crippen LogP contribution is 2.33. The monoisotopic (exact) mass is 455 g/mol. The van der Waals surface area contributed by atoms with Crippen molar-refractivity contribution in [2.45, 2.75) is 13.1 Å². The van der Waals surface area contributed by atoms with Gasteiger partial charge in [0.15, 0.2) is 0 Å². The Labute approximate surface area is 182 Å². The molecule has 0 aliphatic carbocycles. The van der Waals surface area contributed by atoms with Crippen molar-refractivity contribution in [2.24, 2.45) is 0 Å². The SMILES string of the molecule is Cc1nn2c(=O)c3ccc(-c4ccc(C(F)(F)F)cc4)cc3[nH]c2c1-c1ccc(F)cc1F. The van der Waals surface area contributed by atoms with E-state index in [0.717, 1.165) is 28.8 Å². The molecule has 1 N–H and O–H groups in total. The number of benzene rings is 3. The van der Waals surface area contributed by atoms with Crippen molar-refractivity contribution in [3.05, 3.63) is 93.9 Å². The molecule has 0 saturated heterocycles. The fourth-order valence-corrected chi connectivity index (χ4v) is 3.91. The lowest BCUT2D eigenvalue weighted by Crippen LogP contribution is -2.15. The molecule has 5 rings (SSSR count). The topological polar surface area (TPSA) is 50.2 Å². The summed E-state index contributed by atoms with van der Waals surface area (Å²) in [6.45, 7) is 1.61. The summed E-state index contributed by atoms with van der Waals surface area (Å²) in [5.41, 5.74) is 1.28. The Hall–Kier alpha value is -4.01. The van der Waals surface area contributed by atoms with Gasteiger partial charge in [-0.15, -0.1) is 0 Å². The van der Waals surface area contributed by atoms with Gasteiger partial charge >= 0.3 is 6.18 Å². The summed E-state index contributed by atoms with van der Waals surface area (Å²) < 4.78 is 67.6. The van der Waals surface area contributed by atoms with Crippen molar-refractivity contribution >= 4 is 16.6 Å². The number of halogens is 5. The zero-order chi connectivity index (χ0) is 23.5. The first kappa shape index (κ1) is 20.9. The number of hydrogen-bond donors (Lipinski definition) is 1. The number of nitrogens with one attached hydrogen (secondary N) is 1. The van der Waals surface area contributed by atoms with Crippen LogP contribution in [0.1, 0.15) is 11.3 Å². The summed E-state index contributed by atoms with van der Waals surface area (Å²) in [7, 11) is 0. The maximum absolute atomic E-state index is 14.5. The number of aromatic amines is 1. The quantitative estimate of drug-likeness (QED) is 0.326. The minimum absolute atomic E-state index is 0.0813. The van der Waals surface area contributed by atoms with E-state index < -0.39 is 28.9 Å². The van der Waals surface area contributed by atoms with Gasteiger partial charge in [-0.3, -0.25) is 4.79 Å². The van der Waals surface area contributed by atoms with Gasteiger partial charge in [0.25, 0.3) is 5.56 Å². The molecule has 0 amide bonds. The van der Waals surface area contributed by atoms with Crippen LogP contribution in [0.2, 0.25) is 0 Å². The fourth-order valence-electron chi connectivity index (χ4n) is 3.91. The first-order chi connectivity index (χ1) is 15.6. The molecule has 0 spiro atoms. The van der Waals surface area contributed by atoms with Crippen molar-refractivity contribution in [3.8, 4) is 22.3 Å². The second-order valence-corrected chi connectivity index (χ2v) is 7.61. The number of aryl methyl sites for hydroxylation is 1. The van der Waals surface area contributed by atoms with Gasteiger partial charge in [-0.25, -0.2) is 8.78 Å². The summed E-state index contributed by atoms with van der Waals surface area (Å²) in [6, 6.07) is 12.6. The van der Waals surface area contributed by atoms with Crippen LogP contribution >= 0.6 is 0 Å². The van der Waals surface area contributed by atoms with Crippen LogP contribution in [-0.4, -0.2) is 14.6 Å². The lowest BCUT2D eigenvalue weighted by molar-refractivity contribution is -0.137. The molecule has 0 saturated carbocycles. The molecule has 3 aromatic carbocycles. The number of H-pyrrole nitrogens is 1. The highest BCUT2D eigenvalue weighted by atomic mass is 19.4. The number of rotatable bonds is 2. The molecular weight excluding hydrogens is 441 g/mol.